The third-order valence-electron chi connectivity index (χ3n) is 2.94. The van der Waals surface area contributed by atoms with Crippen LogP contribution in [0.25, 0.3) is 0 Å². The molecule has 1 aliphatic rings. The average molecular weight is 343 g/mol. The molecule has 0 aliphatic carbocycles. The van der Waals surface area contributed by atoms with Crippen molar-refractivity contribution in [2.75, 3.05) is 18.4 Å². The highest BCUT2D eigenvalue weighted by Crippen LogP contribution is 2.26. The van der Waals surface area contributed by atoms with Crippen LogP contribution in [0.1, 0.15) is 20.3 Å². The number of aliphatic hydroxyl groups is 1. The van der Waals surface area contributed by atoms with Gasteiger partial charge in [-0.1, -0.05) is 15.9 Å². The fraction of sp³-hybridized carbons (Fsp3) is 0.500. The summed E-state index contributed by atoms with van der Waals surface area (Å²) in [4.78, 5) is 13.7. The van der Waals surface area contributed by atoms with Gasteiger partial charge in [-0.05, 0) is 32.4 Å². The Balaban J connectivity index is 2.05. The smallest absolute Gasteiger partial charge is 0.321 e. The van der Waals surface area contributed by atoms with E-state index in [2.05, 4.69) is 21.2 Å². The second kappa shape index (κ2) is 6.45. The summed E-state index contributed by atoms with van der Waals surface area (Å²) in [5, 5.41) is 12.3. The molecule has 20 heavy (non-hydrogen) atoms. The van der Waals surface area contributed by atoms with Gasteiger partial charge in [0.2, 0.25) is 0 Å². The number of ether oxygens (including phenoxy) is 1. The lowest BCUT2D eigenvalue weighted by atomic mass is 10.3. The summed E-state index contributed by atoms with van der Waals surface area (Å²) in [6.07, 6.45) is 0.290. The largest absolute Gasteiger partial charge is 0.491 e. The number of nitrogens with zero attached hydrogens (tertiary/aromatic N) is 1. The number of amides is 2. The molecule has 1 heterocycles. The number of likely N-dealkylation sites (tertiary alicyclic amines) is 1. The zero-order valence-corrected chi connectivity index (χ0v) is 13.2. The summed E-state index contributed by atoms with van der Waals surface area (Å²) >= 11 is 3.40. The van der Waals surface area contributed by atoms with Gasteiger partial charge in [-0.3, -0.25) is 0 Å². The zero-order chi connectivity index (χ0) is 14.7. The van der Waals surface area contributed by atoms with Gasteiger partial charge < -0.3 is 20.1 Å². The Labute approximate surface area is 127 Å². The molecule has 1 atom stereocenters. The minimum absolute atomic E-state index is 0.0709. The molecule has 0 bridgehead atoms. The quantitative estimate of drug-likeness (QED) is 0.887. The molecule has 2 amide bonds. The maximum atomic E-state index is 12.1. The number of urea groups is 1. The Morgan fingerprint density at radius 3 is 2.85 bits per heavy atom. The molecule has 1 aromatic carbocycles. The molecule has 0 spiro atoms. The standard InChI is InChI=1S/C14H19BrN2O3/c1-9(2)20-13-6-10(15)5-11(7-13)16-14(19)17-4-3-12(18)8-17/h5-7,9,12,18H,3-4,8H2,1-2H3,(H,16,19)/t12-/m1/s1. The second-order valence-electron chi connectivity index (χ2n) is 5.16. The highest BCUT2D eigenvalue weighted by atomic mass is 79.9. The van der Waals surface area contributed by atoms with Crippen LogP contribution in [0.15, 0.2) is 22.7 Å². The van der Waals surface area contributed by atoms with Gasteiger partial charge >= 0.3 is 6.03 Å². The number of halogens is 1. The zero-order valence-electron chi connectivity index (χ0n) is 11.6. The van der Waals surface area contributed by atoms with Gasteiger partial charge in [0.15, 0.2) is 0 Å². The Morgan fingerprint density at radius 1 is 1.50 bits per heavy atom. The highest BCUT2D eigenvalue weighted by Gasteiger charge is 2.24. The third kappa shape index (κ3) is 4.11. The lowest BCUT2D eigenvalue weighted by Gasteiger charge is -2.17. The normalized spacial score (nSPS) is 18.4. The van der Waals surface area contributed by atoms with Gasteiger partial charge in [-0.15, -0.1) is 0 Å². The maximum Gasteiger partial charge on any atom is 0.321 e. The number of rotatable bonds is 3. The summed E-state index contributed by atoms with van der Waals surface area (Å²) in [6, 6.07) is 5.26. The number of hydrogen-bond acceptors (Lipinski definition) is 3. The topological polar surface area (TPSA) is 61.8 Å². The fourth-order valence-corrected chi connectivity index (χ4v) is 2.58. The molecular formula is C14H19BrN2O3. The first kappa shape index (κ1) is 15.1. The molecule has 110 valence electrons. The second-order valence-corrected chi connectivity index (χ2v) is 6.08. The van der Waals surface area contributed by atoms with E-state index in [0.717, 1.165) is 4.47 Å². The van der Waals surface area contributed by atoms with Gasteiger partial charge in [0, 0.05) is 29.3 Å². The Bertz CT molecular complexity index is 493. The maximum absolute atomic E-state index is 12.1. The van der Waals surface area contributed by atoms with Crippen LogP contribution in [0.4, 0.5) is 10.5 Å². The van der Waals surface area contributed by atoms with E-state index < -0.39 is 6.10 Å². The van der Waals surface area contributed by atoms with Gasteiger partial charge in [0.25, 0.3) is 0 Å². The number of carbonyl (C=O) groups excluding carboxylic acids is 1. The summed E-state index contributed by atoms with van der Waals surface area (Å²) in [5.74, 6) is 0.700. The van der Waals surface area contributed by atoms with Crippen LogP contribution < -0.4 is 10.1 Å². The number of hydrogen-bond donors (Lipinski definition) is 2. The predicted molar refractivity (Wildman–Crippen MR) is 81.1 cm³/mol. The summed E-state index contributed by atoms with van der Waals surface area (Å²) < 4.78 is 6.47. The Kier molecular flexibility index (Phi) is 4.88. The Morgan fingerprint density at radius 2 is 2.25 bits per heavy atom. The SMILES string of the molecule is CC(C)Oc1cc(Br)cc(NC(=O)N2CC[C@@H](O)C2)c1. The van der Waals surface area contributed by atoms with Crippen molar-refractivity contribution in [1.29, 1.82) is 0 Å². The molecular weight excluding hydrogens is 324 g/mol. The van der Waals surface area contributed by atoms with Crippen molar-refractivity contribution in [3.8, 4) is 5.75 Å². The van der Waals surface area contributed by atoms with Crippen molar-refractivity contribution < 1.29 is 14.6 Å². The van der Waals surface area contributed by atoms with Crippen molar-refractivity contribution in [2.24, 2.45) is 0 Å². The molecule has 1 saturated heterocycles. The van der Waals surface area contributed by atoms with Crippen LogP contribution in [0.5, 0.6) is 5.75 Å². The molecule has 2 N–H and O–H groups in total. The average Bonchev–Trinajstić information content (AvgIpc) is 2.74. The first-order chi connectivity index (χ1) is 9.44. The minimum atomic E-state index is -0.414. The van der Waals surface area contributed by atoms with E-state index in [0.29, 0.717) is 30.9 Å². The minimum Gasteiger partial charge on any atom is -0.491 e. The van der Waals surface area contributed by atoms with Crippen LogP contribution in [0.2, 0.25) is 0 Å². The predicted octanol–water partition coefficient (Wildman–Crippen LogP) is 2.83. The molecule has 2 rings (SSSR count). The van der Waals surface area contributed by atoms with E-state index in [9.17, 15) is 9.90 Å². The molecule has 5 nitrogen and oxygen atoms in total. The fourth-order valence-electron chi connectivity index (χ4n) is 2.10. The Hall–Kier alpha value is -1.27. The van der Waals surface area contributed by atoms with Crippen LogP contribution in [0, 0.1) is 0 Å². The van der Waals surface area contributed by atoms with E-state index >= 15 is 0 Å². The first-order valence-corrected chi connectivity index (χ1v) is 7.44. The monoisotopic (exact) mass is 342 g/mol. The molecule has 0 aromatic heterocycles. The van der Waals surface area contributed by atoms with Crippen molar-refractivity contribution >= 4 is 27.6 Å². The number of nitrogens with one attached hydrogen (secondary N) is 1. The van der Waals surface area contributed by atoms with Crippen molar-refractivity contribution in [2.45, 2.75) is 32.5 Å². The highest BCUT2D eigenvalue weighted by molar-refractivity contribution is 9.10. The van der Waals surface area contributed by atoms with Crippen LogP contribution in [0.3, 0.4) is 0 Å². The van der Waals surface area contributed by atoms with E-state index in [-0.39, 0.29) is 12.1 Å². The van der Waals surface area contributed by atoms with E-state index in [1.54, 1.807) is 11.0 Å². The lowest BCUT2D eigenvalue weighted by molar-refractivity contribution is 0.176. The van der Waals surface area contributed by atoms with Crippen LogP contribution >= 0.6 is 15.9 Å². The summed E-state index contributed by atoms with van der Waals surface area (Å²) in [5.41, 5.74) is 0.668. The van der Waals surface area contributed by atoms with Gasteiger partial charge in [0.1, 0.15) is 5.75 Å². The van der Waals surface area contributed by atoms with E-state index in [4.69, 9.17) is 4.74 Å². The molecule has 0 saturated carbocycles. The van der Waals surface area contributed by atoms with E-state index in [1.807, 2.05) is 26.0 Å². The lowest BCUT2D eigenvalue weighted by Crippen LogP contribution is -2.33. The van der Waals surface area contributed by atoms with E-state index in [1.165, 1.54) is 0 Å². The number of β-amino-alcohol motifs (C(OH)–C–C–N with tert-alkyl or cyclic N) is 1. The molecule has 1 aliphatic heterocycles. The molecule has 0 radical (unpaired) electrons. The van der Waals surface area contributed by atoms with Crippen molar-refractivity contribution in [3.63, 3.8) is 0 Å². The van der Waals surface area contributed by atoms with Crippen LogP contribution in [-0.2, 0) is 0 Å². The first-order valence-electron chi connectivity index (χ1n) is 6.65. The van der Waals surface area contributed by atoms with Gasteiger partial charge in [-0.25, -0.2) is 4.79 Å². The number of benzene rings is 1. The third-order valence-corrected chi connectivity index (χ3v) is 3.40. The van der Waals surface area contributed by atoms with Crippen LogP contribution in [-0.4, -0.2) is 41.3 Å². The van der Waals surface area contributed by atoms with Gasteiger partial charge in [0.05, 0.1) is 12.2 Å². The number of anilines is 1. The van der Waals surface area contributed by atoms with Gasteiger partial charge in [-0.2, -0.15) is 0 Å². The number of carbonyl (C=O) groups is 1. The molecule has 1 fully saturated rings. The molecule has 6 heteroatoms. The summed E-state index contributed by atoms with van der Waals surface area (Å²) in [6.45, 7) is 4.86. The number of aliphatic hydroxyl groups excluding tert-OH is 1. The summed E-state index contributed by atoms with van der Waals surface area (Å²) in [7, 11) is 0. The van der Waals surface area contributed by atoms with Crippen molar-refractivity contribution in [1.82, 2.24) is 4.90 Å². The van der Waals surface area contributed by atoms with Crippen molar-refractivity contribution in [3.05, 3.63) is 22.7 Å². The molecule has 1 aromatic rings. The molecule has 0 unspecified atom stereocenters.